The van der Waals surface area contributed by atoms with Gasteiger partial charge in [0.05, 0.1) is 22.5 Å². The van der Waals surface area contributed by atoms with Gasteiger partial charge in [-0.15, -0.1) is 0 Å². The molecule has 132 valence electrons. The lowest BCUT2D eigenvalue weighted by Crippen LogP contribution is -2.13. The van der Waals surface area contributed by atoms with Crippen molar-refractivity contribution >= 4 is 23.2 Å². The molecule has 0 radical (unpaired) electrons. The van der Waals surface area contributed by atoms with Crippen LogP contribution < -0.4 is 10.1 Å². The molecule has 1 heterocycles. The van der Waals surface area contributed by atoms with Crippen LogP contribution in [0.5, 0.6) is 11.6 Å². The highest BCUT2D eigenvalue weighted by Crippen LogP contribution is 2.23. The van der Waals surface area contributed by atoms with Gasteiger partial charge >= 0.3 is 0 Å². The lowest BCUT2D eigenvalue weighted by molar-refractivity contribution is 0.102. The van der Waals surface area contributed by atoms with E-state index in [2.05, 4.69) is 10.3 Å². The van der Waals surface area contributed by atoms with E-state index in [1.54, 1.807) is 0 Å². The topological polar surface area (TPSA) is 51.2 Å². The summed E-state index contributed by atoms with van der Waals surface area (Å²) in [5, 5.41) is 2.25. The standard InChI is InChI=1S/C18H10ClF3N2O2/c19-14-8-16(22)15(21)7-13(14)18(25)24-11-3-6-17(23-9-11)26-12-4-1-10(20)2-5-12/h1-9H,(H,24,25). The van der Waals surface area contributed by atoms with Gasteiger partial charge in [0, 0.05) is 6.07 Å². The number of halogens is 4. The SMILES string of the molecule is O=C(Nc1ccc(Oc2ccc(F)cc2)nc1)c1cc(F)c(F)cc1Cl. The molecular weight excluding hydrogens is 369 g/mol. The van der Waals surface area contributed by atoms with Crippen molar-refractivity contribution in [1.82, 2.24) is 4.98 Å². The molecule has 4 nitrogen and oxygen atoms in total. The molecule has 0 bridgehead atoms. The van der Waals surface area contributed by atoms with Gasteiger partial charge in [0.1, 0.15) is 11.6 Å². The second-order valence-electron chi connectivity index (χ2n) is 5.14. The quantitative estimate of drug-likeness (QED) is 0.635. The van der Waals surface area contributed by atoms with Crippen molar-refractivity contribution in [3.63, 3.8) is 0 Å². The van der Waals surface area contributed by atoms with Crippen LogP contribution in [0.3, 0.4) is 0 Å². The molecule has 0 unspecified atom stereocenters. The van der Waals surface area contributed by atoms with Crippen molar-refractivity contribution in [3.8, 4) is 11.6 Å². The van der Waals surface area contributed by atoms with Crippen molar-refractivity contribution in [2.45, 2.75) is 0 Å². The molecule has 0 saturated heterocycles. The predicted octanol–water partition coefficient (Wildman–Crippen LogP) is 5.20. The molecule has 0 atom stereocenters. The molecule has 0 aliphatic rings. The number of anilines is 1. The lowest BCUT2D eigenvalue weighted by atomic mass is 10.2. The zero-order valence-electron chi connectivity index (χ0n) is 13.0. The molecule has 0 aliphatic heterocycles. The second-order valence-corrected chi connectivity index (χ2v) is 5.55. The Morgan fingerprint density at radius 3 is 2.35 bits per heavy atom. The number of hydrogen-bond donors (Lipinski definition) is 1. The Bertz CT molecular complexity index is 948. The van der Waals surface area contributed by atoms with Gasteiger partial charge in [-0.25, -0.2) is 18.2 Å². The van der Waals surface area contributed by atoms with Crippen LogP contribution in [0.1, 0.15) is 10.4 Å². The number of aromatic nitrogens is 1. The predicted molar refractivity (Wildman–Crippen MR) is 90.0 cm³/mol. The Morgan fingerprint density at radius 1 is 1.00 bits per heavy atom. The monoisotopic (exact) mass is 378 g/mol. The summed E-state index contributed by atoms with van der Waals surface area (Å²) in [4.78, 5) is 16.1. The van der Waals surface area contributed by atoms with Gasteiger partial charge in [-0.3, -0.25) is 4.79 Å². The number of nitrogens with one attached hydrogen (secondary N) is 1. The Hall–Kier alpha value is -3.06. The number of amides is 1. The maximum absolute atomic E-state index is 13.3. The third-order valence-electron chi connectivity index (χ3n) is 3.28. The van der Waals surface area contributed by atoms with Gasteiger partial charge in [0.15, 0.2) is 11.6 Å². The van der Waals surface area contributed by atoms with Gasteiger partial charge < -0.3 is 10.1 Å². The summed E-state index contributed by atoms with van der Waals surface area (Å²) in [6.45, 7) is 0. The third-order valence-corrected chi connectivity index (χ3v) is 3.60. The fourth-order valence-electron chi connectivity index (χ4n) is 2.03. The maximum atomic E-state index is 13.3. The fourth-order valence-corrected chi connectivity index (χ4v) is 2.27. The van der Waals surface area contributed by atoms with Crippen LogP contribution in [-0.2, 0) is 0 Å². The van der Waals surface area contributed by atoms with Crippen molar-refractivity contribution in [1.29, 1.82) is 0 Å². The van der Waals surface area contributed by atoms with Crippen molar-refractivity contribution in [2.24, 2.45) is 0 Å². The van der Waals surface area contributed by atoms with Crippen LogP contribution in [0.4, 0.5) is 18.9 Å². The van der Waals surface area contributed by atoms with E-state index in [0.717, 1.165) is 6.07 Å². The Labute approximate surface area is 151 Å². The smallest absolute Gasteiger partial charge is 0.257 e. The van der Waals surface area contributed by atoms with E-state index in [9.17, 15) is 18.0 Å². The van der Waals surface area contributed by atoms with Gasteiger partial charge in [-0.05, 0) is 42.5 Å². The summed E-state index contributed by atoms with van der Waals surface area (Å²) >= 11 is 5.76. The summed E-state index contributed by atoms with van der Waals surface area (Å²) in [7, 11) is 0. The third kappa shape index (κ3) is 4.12. The van der Waals surface area contributed by atoms with E-state index in [-0.39, 0.29) is 22.3 Å². The molecule has 8 heteroatoms. The van der Waals surface area contributed by atoms with E-state index in [4.69, 9.17) is 16.3 Å². The van der Waals surface area contributed by atoms with Crippen LogP contribution in [0.2, 0.25) is 5.02 Å². The number of nitrogens with zero attached hydrogens (tertiary/aromatic N) is 1. The number of pyridine rings is 1. The normalized spacial score (nSPS) is 10.5. The van der Waals surface area contributed by atoms with Gasteiger partial charge in [-0.2, -0.15) is 0 Å². The molecule has 1 aromatic heterocycles. The molecular formula is C18H10ClF3N2O2. The number of ether oxygens (including phenoxy) is 1. The highest BCUT2D eigenvalue weighted by molar-refractivity contribution is 6.34. The summed E-state index contributed by atoms with van der Waals surface area (Å²) in [6.07, 6.45) is 1.31. The molecule has 0 fully saturated rings. The highest BCUT2D eigenvalue weighted by Gasteiger charge is 2.15. The molecule has 3 aromatic rings. The Balaban J connectivity index is 1.70. The minimum Gasteiger partial charge on any atom is -0.439 e. The molecule has 2 aromatic carbocycles. The number of benzene rings is 2. The highest BCUT2D eigenvalue weighted by atomic mass is 35.5. The van der Waals surface area contributed by atoms with Crippen molar-refractivity contribution in [3.05, 3.63) is 82.8 Å². The Morgan fingerprint density at radius 2 is 1.69 bits per heavy atom. The lowest BCUT2D eigenvalue weighted by Gasteiger charge is -2.08. The zero-order chi connectivity index (χ0) is 18.7. The molecule has 0 aliphatic carbocycles. The zero-order valence-corrected chi connectivity index (χ0v) is 13.7. The van der Waals surface area contributed by atoms with Crippen LogP contribution >= 0.6 is 11.6 Å². The summed E-state index contributed by atoms with van der Waals surface area (Å²) in [6, 6.07) is 9.79. The fraction of sp³-hybridized carbons (Fsp3) is 0. The van der Waals surface area contributed by atoms with E-state index < -0.39 is 17.5 Å². The summed E-state index contributed by atoms with van der Waals surface area (Å²) < 4.78 is 44.6. The number of hydrogen-bond acceptors (Lipinski definition) is 3. The largest absolute Gasteiger partial charge is 0.439 e. The summed E-state index contributed by atoms with van der Waals surface area (Å²) in [5.74, 6) is -2.82. The molecule has 1 N–H and O–H groups in total. The van der Waals surface area contributed by atoms with Gasteiger partial charge in [-0.1, -0.05) is 11.6 Å². The maximum Gasteiger partial charge on any atom is 0.257 e. The van der Waals surface area contributed by atoms with Crippen LogP contribution in [-0.4, -0.2) is 10.9 Å². The van der Waals surface area contributed by atoms with Crippen molar-refractivity contribution in [2.75, 3.05) is 5.32 Å². The van der Waals surface area contributed by atoms with Crippen LogP contribution in [0.15, 0.2) is 54.7 Å². The van der Waals surface area contributed by atoms with Crippen LogP contribution in [0.25, 0.3) is 0 Å². The van der Waals surface area contributed by atoms with Crippen LogP contribution in [0, 0.1) is 17.5 Å². The van der Waals surface area contributed by atoms with Gasteiger partial charge in [0.2, 0.25) is 5.88 Å². The molecule has 0 spiro atoms. The second kappa shape index (κ2) is 7.45. The molecule has 1 amide bonds. The first-order valence-electron chi connectivity index (χ1n) is 7.28. The average Bonchev–Trinajstić information content (AvgIpc) is 2.61. The first-order valence-corrected chi connectivity index (χ1v) is 7.65. The van der Waals surface area contributed by atoms with E-state index in [1.807, 2.05) is 0 Å². The Kier molecular flexibility index (Phi) is 5.09. The minimum absolute atomic E-state index is 0.211. The first kappa shape index (κ1) is 17.8. The number of rotatable bonds is 4. The minimum atomic E-state index is -1.18. The number of carbonyl (C=O) groups is 1. The molecule has 3 rings (SSSR count). The first-order chi connectivity index (χ1) is 12.4. The molecule has 26 heavy (non-hydrogen) atoms. The average molecular weight is 379 g/mol. The van der Waals surface area contributed by atoms with Crippen molar-refractivity contribution < 1.29 is 22.7 Å². The summed E-state index contributed by atoms with van der Waals surface area (Å²) in [5.41, 5.74) is 0.0828. The van der Waals surface area contributed by atoms with Gasteiger partial charge in [0.25, 0.3) is 5.91 Å². The van der Waals surface area contributed by atoms with E-state index in [1.165, 1.54) is 42.6 Å². The van der Waals surface area contributed by atoms with E-state index in [0.29, 0.717) is 17.5 Å². The molecule has 0 saturated carbocycles. The van der Waals surface area contributed by atoms with E-state index >= 15 is 0 Å². The number of carbonyl (C=O) groups excluding carboxylic acids is 1.